The number of halogens is 17. The summed E-state index contributed by atoms with van der Waals surface area (Å²) in [7, 11) is 0. The van der Waals surface area contributed by atoms with E-state index in [0.717, 1.165) is 0 Å². The Labute approximate surface area is 166 Å². The average Bonchev–Trinajstić information content (AvgIpc) is 2.60. The van der Waals surface area contributed by atoms with Gasteiger partial charge in [-0.3, -0.25) is 0 Å². The summed E-state index contributed by atoms with van der Waals surface area (Å²) in [5.41, 5.74) is 4.85. The molecule has 0 aromatic rings. The molecule has 0 heterocycles. The van der Waals surface area contributed by atoms with Crippen LogP contribution in [0.25, 0.3) is 0 Å². The van der Waals surface area contributed by atoms with Crippen LogP contribution in [0.5, 0.6) is 0 Å². The molecule has 0 aliphatic rings. The van der Waals surface area contributed by atoms with Crippen LogP contribution >= 0.6 is 0 Å². The molecule has 19 heteroatoms. The monoisotopic (exact) mass is 521 g/mol. The quantitative estimate of drug-likeness (QED) is 0.361. The Morgan fingerprint density at radius 2 is 0.844 bits per heavy atom. The molecule has 2 nitrogen and oxygen atoms in total. The molecular weight excluding hydrogens is 509 g/mol. The lowest BCUT2D eigenvalue weighted by atomic mass is 9.87. The maximum atomic E-state index is 13.5. The van der Waals surface area contributed by atoms with Crippen LogP contribution in [-0.2, 0) is 0 Å². The molecule has 0 saturated carbocycles. The Morgan fingerprint density at radius 1 is 0.531 bits per heavy atom. The van der Waals surface area contributed by atoms with Crippen molar-refractivity contribution in [3.05, 3.63) is 0 Å². The van der Waals surface area contributed by atoms with Gasteiger partial charge in [-0.2, -0.15) is 74.6 Å². The van der Waals surface area contributed by atoms with E-state index < -0.39 is 79.5 Å². The van der Waals surface area contributed by atoms with Crippen LogP contribution in [0.2, 0.25) is 0 Å². The van der Waals surface area contributed by atoms with Gasteiger partial charge in [0.1, 0.15) is 0 Å². The van der Waals surface area contributed by atoms with Crippen LogP contribution in [0.15, 0.2) is 0 Å². The van der Waals surface area contributed by atoms with Gasteiger partial charge in [0.25, 0.3) is 0 Å². The van der Waals surface area contributed by atoms with Crippen LogP contribution in [0, 0.1) is 5.92 Å². The summed E-state index contributed by atoms with van der Waals surface area (Å²) in [6.45, 7) is -1.90. The third kappa shape index (κ3) is 4.29. The van der Waals surface area contributed by atoms with Crippen molar-refractivity contribution in [3.63, 3.8) is 0 Å². The second-order valence-corrected chi connectivity index (χ2v) is 6.47. The molecule has 0 aromatic heterocycles. The molecule has 0 bridgehead atoms. The summed E-state index contributed by atoms with van der Waals surface area (Å²) in [4.78, 5) is 0. The third-order valence-corrected chi connectivity index (χ3v) is 4.25. The van der Waals surface area contributed by atoms with Crippen molar-refractivity contribution in [2.24, 2.45) is 11.7 Å². The highest BCUT2D eigenvalue weighted by Gasteiger charge is 2.95. The van der Waals surface area contributed by atoms with Crippen molar-refractivity contribution in [2.45, 2.75) is 60.5 Å². The summed E-state index contributed by atoms with van der Waals surface area (Å²) >= 11 is 0. The summed E-state index contributed by atoms with van der Waals surface area (Å²) in [6.07, 6.45) is -11.8. The first-order chi connectivity index (χ1) is 13.7. The van der Waals surface area contributed by atoms with Crippen LogP contribution in [0.4, 0.5) is 74.6 Å². The average molecular weight is 521 g/mol. The number of hydrogen-bond acceptors (Lipinski definition) is 2. The highest BCUT2D eigenvalue weighted by molar-refractivity contribution is 5.15. The van der Waals surface area contributed by atoms with Gasteiger partial charge in [0, 0.05) is 13.0 Å². The first-order valence-electron chi connectivity index (χ1n) is 7.77. The first kappa shape index (κ1) is 30.7. The number of nitrogens with two attached hydrogens (primary N) is 1. The van der Waals surface area contributed by atoms with E-state index in [-0.39, 0.29) is 0 Å². The minimum absolute atomic E-state index is 0.762. The van der Waals surface area contributed by atoms with Crippen LogP contribution < -0.4 is 5.73 Å². The van der Waals surface area contributed by atoms with E-state index >= 15 is 0 Å². The minimum atomic E-state index is -8.63. The van der Waals surface area contributed by atoms with Gasteiger partial charge in [-0.25, -0.2) is 0 Å². The Kier molecular flexibility index (Phi) is 8.16. The molecule has 0 aromatic carbocycles. The molecule has 0 spiro atoms. The van der Waals surface area contributed by atoms with Crippen LogP contribution in [0.3, 0.4) is 0 Å². The molecule has 32 heavy (non-hydrogen) atoms. The maximum Gasteiger partial charge on any atom is 0.460 e. The van der Waals surface area contributed by atoms with E-state index in [1.165, 1.54) is 0 Å². The highest BCUT2D eigenvalue weighted by atomic mass is 19.4. The second-order valence-electron chi connectivity index (χ2n) is 6.47. The minimum Gasteiger partial charge on any atom is -0.396 e. The molecule has 3 N–H and O–H groups in total. The van der Waals surface area contributed by atoms with Gasteiger partial charge < -0.3 is 10.8 Å². The van der Waals surface area contributed by atoms with Crippen LogP contribution in [-0.4, -0.2) is 65.9 Å². The first-order valence-corrected chi connectivity index (χ1v) is 7.77. The summed E-state index contributed by atoms with van der Waals surface area (Å²) < 4.78 is 221. The molecule has 0 aliphatic heterocycles. The lowest BCUT2D eigenvalue weighted by molar-refractivity contribution is -0.461. The number of alkyl halides is 17. The van der Waals surface area contributed by atoms with Crippen molar-refractivity contribution < 1.29 is 79.7 Å². The summed E-state index contributed by atoms with van der Waals surface area (Å²) in [5, 5.41) is 8.63. The SMILES string of the molecule is NCC(CO)CCC(F)(F)C(F)(F)C(F)(F)C(F)(F)C(F)(F)C(F)(F)C(F)(F)C(F)(F)F. The van der Waals surface area contributed by atoms with Gasteiger partial charge in [-0.15, -0.1) is 0 Å². The molecule has 0 saturated heterocycles. The summed E-state index contributed by atoms with van der Waals surface area (Å²) in [5.74, 6) is -57.9. The number of aliphatic hydroxyl groups is 1. The standard InChI is InChI=1S/C13H12F17NO/c14-6(15,2-1-5(3-31)4-32)7(16,17)8(18,19)9(20,21)10(22,23)11(24,25)12(26,27)13(28,29)30/h5,32H,1-4,31H2. The lowest BCUT2D eigenvalue weighted by Crippen LogP contribution is -2.74. The molecule has 0 aliphatic carbocycles. The zero-order valence-electron chi connectivity index (χ0n) is 14.9. The van der Waals surface area contributed by atoms with Gasteiger partial charge in [-0.05, 0) is 18.9 Å². The predicted molar refractivity (Wildman–Crippen MR) is 69.5 cm³/mol. The Morgan fingerprint density at radius 3 is 1.12 bits per heavy atom. The number of hydrogen-bond donors (Lipinski definition) is 2. The number of aliphatic hydroxyl groups excluding tert-OH is 1. The van der Waals surface area contributed by atoms with E-state index in [4.69, 9.17) is 10.8 Å². The van der Waals surface area contributed by atoms with E-state index in [1.54, 1.807) is 0 Å². The fourth-order valence-corrected chi connectivity index (χ4v) is 2.02. The van der Waals surface area contributed by atoms with Gasteiger partial charge in [0.15, 0.2) is 0 Å². The van der Waals surface area contributed by atoms with Crippen molar-refractivity contribution in [1.29, 1.82) is 0 Å². The topological polar surface area (TPSA) is 46.2 Å². The Balaban J connectivity index is 6.47. The zero-order chi connectivity index (χ0) is 26.4. The van der Waals surface area contributed by atoms with Crippen molar-refractivity contribution in [2.75, 3.05) is 13.2 Å². The van der Waals surface area contributed by atoms with Gasteiger partial charge in [-0.1, -0.05) is 0 Å². The zero-order valence-corrected chi connectivity index (χ0v) is 14.9. The fourth-order valence-electron chi connectivity index (χ4n) is 2.02. The number of rotatable bonds is 11. The largest absolute Gasteiger partial charge is 0.460 e. The smallest absolute Gasteiger partial charge is 0.396 e. The molecule has 0 amide bonds. The van der Waals surface area contributed by atoms with Gasteiger partial charge in [0.05, 0.1) is 0 Å². The molecule has 0 radical (unpaired) electrons. The molecule has 1 atom stereocenters. The summed E-state index contributed by atoms with van der Waals surface area (Å²) in [6, 6.07) is 0. The lowest BCUT2D eigenvalue weighted by Gasteiger charge is -2.43. The van der Waals surface area contributed by atoms with Crippen LogP contribution in [0.1, 0.15) is 12.8 Å². The van der Waals surface area contributed by atoms with E-state index in [1.807, 2.05) is 0 Å². The molecule has 0 rings (SSSR count). The molecular formula is C13H12F17NO. The van der Waals surface area contributed by atoms with E-state index in [9.17, 15) is 74.6 Å². The van der Waals surface area contributed by atoms with Gasteiger partial charge >= 0.3 is 47.6 Å². The van der Waals surface area contributed by atoms with E-state index in [0.29, 0.717) is 0 Å². The van der Waals surface area contributed by atoms with E-state index in [2.05, 4.69) is 0 Å². The normalized spacial score (nSPS) is 17.0. The fraction of sp³-hybridized carbons (Fsp3) is 1.00. The Hall–Kier alpha value is -1.27. The van der Waals surface area contributed by atoms with Crippen molar-refractivity contribution in [3.8, 4) is 0 Å². The van der Waals surface area contributed by atoms with Gasteiger partial charge in [0.2, 0.25) is 0 Å². The highest BCUT2D eigenvalue weighted by Crippen LogP contribution is 2.64. The second kappa shape index (κ2) is 8.50. The Bertz CT molecular complexity index is 637. The molecule has 1 unspecified atom stereocenters. The predicted octanol–water partition coefficient (Wildman–Crippen LogP) is 5.34. The molecule has 0 fully saturated rings. The van der Waals surface area contributed by atoms with Crippen molar-refractivity contribution >= 4 is 0 Å². The van der Waals surface area contributed by atoms with Crippen molar-refractivity contribution in [1.82, 2.24) is 0 Å². The third-order valence-electron chi connectivity index (χ3n) is 4.25. The maximum absolute atomic E-state index is 13.5. The molecule has 194 valence electrons.